The van der Waals surface area contributed by atoms with E-state index < -0.39 is 6.17 Å². The van der Waals surface area contributed by atoms with Crippen LogP contribution in [0.4, 0.5) is 8.78 Å². The van der Waals surface area contributed by atoms with E-state index in [1.807, 2.05) is 22.7 Å². The number of halogens is 2. The number of hydrogen-bond donors (Lipinski definition) is 0. The van der Waals surface area contributed by atoms with Crippen LogP contribution in [0.25, 0.3) is 17.0 Å². The van der Waals surface area contributed by atoms with Gasteiger partial charge < -0.3 is 4.42 Å². The van der Waals surface area contributed by atoms with Gasteiger partial charge in [-0.15, -0.1) is 0 Å². The topological polar surface area (TPSA) is 17.6 Å². The highest BCUT2D eigenvalue weighted by atomic mass is 19.1. The summed E-state index contributed by atoms with van der Waals surface area (Å²) < 4.78 is 34.7. The van der Waals surface area contributed by atoms with Crippen molar-refractivity contribution >= 4 is 5.71 Å². The Hall–Kier alpha value is -2.10. The molecule has 4 rings (SSSR count). The van der Waals surface area contributed by atoms with Gasteiger partial charge in [0.25, 0.3) is 0 Å². The summed E-state index contributed by atoms with van der Waals surface area (Å²) in [6, 6.07) is 10.3. The smallest absolute Gasteiger partial charge is 0.204 e. The van der Waals surface area contributed by atoms with E-state index in [-0.39, 0.29) is 11.7 Å². The molecule has 2 aromatic heterocycles. The van der Waals surface area contributed by atoms with Crippen molar-refractivity contribution in [3.05, 3.63) is 54.2 Å². The maximum atomic E-state index is 13.4. The minimum Gasteiger partial charge on any atom is -0.442 e. The fraction of sp³-hybridized carbons (Fsp3) is 0.333. The standard InChI is InChI=1S/C18H17F2NO/c19-14-7-3-12(4-8-14)17-18(13-5-9-15(20)10-6-13)22-16-2-1-11-21(16)17/h1-4,7-8,11,13,15H,5-6,9-10H2. The predicted octanol–water partition coefficient (Wildman–Crippen LogP) is 5.33. The first kappa shape index (κ1) is 13.6. The third-order valence-electron chi connectivity index (χ3n) is 4.55. The van der Waals surface area contributed by atoms with Crippen molar-refractivity contribution in [3.63, 3.8) is 0 Å². The molecule has 2 nitrogen and oxygen atoms in total. The average molecular weight is 301 g/mol. The fourth-order valence-electron chi connectivity index (χ4n) is 3.39. The van der Waals surface area contributed by atoms with Crippen molar-refractivity contribution in [1.82, 2.24) is 4.40 Å². The maximum absolute atomic E-state index is 13.4. The second-order valence-corrected chi connectivity index (χ2v) is 5.99. The summed E-state index contributed by atoms with van der Waals surface area (Å²) in [6.45, 7) is 0. The van der Waals surface area contributed by atoms with Gasteiger partial charge >= 0.3 is 0 Å². The molecule has 1 fully saturated rings. The van der Waals surface area contributed by atoms with Crippen LogP contribution in [0.2, 0.25) is 0 Å². The normalized spacial score (nSPS) is 22.3. The summed E-state index contributed by atoms with van der Waals surface area (Å²) in [5.41, 5.74) is 2.66. The van der Waals surface area contributed by atoms with Crippen LogP contribution >= 0.6 is 0 Å². The second-order valence-electron chi connectivity index (χ2n) is 5.99. The lowest BCUT2D eigenvalue weighted by atomic mass is 9.85. The van der Waals surface area contributed by atoms with Gasteiger partial charge in [-0.25, -0.2) is 8.78 Å². The van der Waals surface area contributed by atoms with Gasteiger partial charge in [0.1, 0.15) is 17.7 Å². The Labute approximate surface area is 127 Å². The van der Waals surface area contributed by atoms with E-state index in [2.05, 4.69) is 0 Å². The molecule has 0 spiro atoms. The number of alkyl halides is 1. The second kappa shape index (κ2) is 5.27. The summed E-state index contributed by atoms with van der Waals surface area (Å²) in [5.74, 6) is 0.872. The minimum absolute atomic E-state index is 0.229. The van der Waals surface area contributed by atoms with Crippen molar-refractivity contribution in [3.8, 4) is 11.3 Å². The van der Waals surface area contributed by atoms with Crippen LogP contribution in [0.15, 0.2) is 47.0 Å². The molecule has 4 heteroatoms. The lowest BCUT2D eigenvalue weighted by molar-refractivity contribution is 0.226. The molecule has 0 amide bonds. The van der Waals surface area contributed by atoms with Gasteiger partial charge in [-0.05, 0) is 56.0 Å². The molecule has 0 saturated heterocycles. The third kappa shape index (κ3) is 2.23. The number of fused-ring (bicyclic) bond motifs is 1. The molecule has 0 N–H and O–H groups in total. The minimum atomic E-state index is -0.688. The first-order valence-electron chi connectivity index (χ1n) is 7.72. The summed E-state index contributed by atoms with van der Waals surface area (Å²) in [7, 11) is 0. The Morgan fingerprint density at radius 3 is 2.45 bits per heavy atom. The molecular weight excluding hydrogens is 284 g/mol. The molecular formula is C18H17F2NO. The van der Waals surface area contributed by atoms with Crippen molar-refractivity contribution < 1.29 is 13.2 Å². The summed E-state index contributed by atoms with van der Waals surface area (Å²) in [5, 5.41) is 0. The quantitative estimate of drug-likeness (QED) is 0.625. The van der Waals surface area contributed by atoms with Gasteiger partial charge in [0.15, 0.2) is 0 Å². The zero-order valence-corrected chi connectivity index (χ0v) is 12.1. The zero-order valence-electron chi connectivity index (χ0n) is 12.1. The van der Waals surface area contributed by atoms with E-state index in [9.17, 15) is 8.78 Å². The number of benzene rings is 1. The van der Waals surface area contributed by atoms with Crippen molar-refractivity contribution in [2.45, 2.75) is 37.8 Å². The molecule has 0 unspecified atom stereocenters. The molecule has 0 atom stereocenters. The third-order valence-corrected chi connectivity index (χ3v) is 4.55. The van der Waals surface area contributed by atoms with Crippen molar-refractivity contribution in [1.29, 1.82) is 0 Å². The van der Waals surface area contributed by atoms with Crippen LogP contribution in [-0.2, 0) is 0 Å². The maximum Gasteiger partial charge on any atom is 0.204 e. The summed E-state index contributed by atoms with van der Waals surface area (Å²) >= 11 is 0. The van der Waals surface area contributed by atoms with E-state index in [0.717, 1.165) is 35.6 Å². The van der Waals surface area contributed by atoms with E-state index in [1.54, 1.807) is 12.1 Å². The van der Waals surface area contributed by atoms with Gasteiger partial charge in [0.05, 0.1) is 5.69 Å². The highest BCUT2D eigenvalue weighted by molar-refractivity contribution is 5.66. The van der Waals surface area contributed by atoms with Gasteiger partial charge in [0.2, 0.25) is 5.71 Å². The Bertz CT molecular complexity index is 779. The molecule has 1 saturated carbocycles. The van der Waals surface area contributed by atoms with Crippen LogP contribution in [0.5, 0.6) is 0 Å². The van der Waals surface area contributed by atoms with Crippen LogP contribution in [-0.4, -0.2) is 10.6 Å². The Morgan fingerprint density at radius 2 is 1.73 bits per heavy atom. The van der Waals surface area contributed by atoms with Crippen LogP contribution in [0, 0.1) is 5.82 Å². The highest BCUT2D eigenvalue weighted by Gasteiger charge is 2.28. The van der Waals surface area contributed by atoms with E-state index in [4.69, 9.17) is 4.42 Å². The Kier molecular flexibility index (Phi) is 3.25. The molecule has 0 bridgehead atoms. The van der Waals surface area contributed by atoms with Crippen LogP contribution < -0.4 is 0 Å². The number of rotatable bonds is 2. The molecule has 114 valence electrons. The molecule has 2 heterocycles. The molecule has 3 aromatic rings. The Balaban J connectivity index is 1.82. The van der Waals surface area contributed by atoms with E-state index >= 15 is 0 Å². The van der Waals surface area contributed by atoms with E-state index in [1.165, 1.54) is 12.1 Å². The monoisotopic (exact) mass is 301 g/mol. The van der Waals surface area contributed by atoms with Gasteiger partial charge in [-0.1, -0.05) is 0 Å². The van der Waals surface area contributed by atoms with Crippen molar-refractivity contribution in [2.24, 2.45) is 0 Å². The molecule has 22 heavy (non-hydrogen) atoms. The first-order chi connectivity index (χ1) is 10.7. The molecule has 1 aromatic carbocycles. The number of hydrogen-bond acceptors (Lipinski definition) is 1. The molecule has 0 radical (unpaired) electrons. The Morgan fingerprint density at radius 1 is 1.00 bits per heavy atom. The van der Waals surface area contributed by atoms with Gasteiger partial charge in [-0.3, -0.25) is 4.40 Å². The van der Waals surface area contributed by atoms with Gasteiger partial charge in [0, 0.05) is 23.7 Å². The molecule has 1 aliphatic carbocycles. The zero-order chi connectivity index (χ0) is 15.1. The largest absolute Gasteiger partial charge is 0.442 e. The fourth-order valence-corrected chi connectivity index (χ4v) is 3.39. The summed E-state index contributed by atoms with van der Waals surface area (Å²) in [4.78, 5) is 0. The van der Waals surface area contributed by atoms with E-state index in [0.29, 0.717) is 12.8 Å². The number of nitrogens with zero attached hydrogens (tertiary/aromatic N) is 1. The lowest BCUT2D eigenvalue weighted by Crippen LogP contribution is -2.14. The average Bonchev–Trinajstić information content (AvgIpc) is 3.10. The van der Waals surface area contributed by atoms with Gasteiger partial charge in [-0.2, -0.15) is 0 Å². The predicted molar refractivity (Wildman–Crippen MR) is 81.2 cm³/mol. The first-order valence-corrected chi connectivity index (χ1v) is 7.72. The van der Waals surface area contributed by atoms with Crippen LogP contribution in [0.3, 0.4) is 0 Å². The number of aromatic nitrogens is 1. The lowest BCUT2D eigenvalue weighted by Gasteiger charge is -2.23. The highest BCUT2D eigenvalue weighted by Crippen LogP contribution is 2.40. The summed E-state index contributed by atoms with van der Waals surface area (Å²) in [6.07, 6.45) is 4.03. The SMILES string of the molecule is Fc1ccc(-c2c(C3CCC(F)CC3)oc3cccn23)cc1. The number of oxazole rings is 1. The van der Waals surface area contributed by atoms with Crippen LogP contribution in [0.1, 0.15) is 37.4 Å². The molecule has 0 aliphatic heterocycles. The van der Waals surface area contributed by atoms with Crippen molar-refractivity contribution in [2.75, 3.05) is 0 Å². The molecule has 1 aliphatic rings.